The highest BCUT2D eigenvalue weighted by atomic mass is 16.2. The van der Waals surface area contributed by atoms with Crippen molar-refractivity contribution in [2.75, 3.05) is 32.5 Å². The van der Waals surface area contributed by atoms with E-state index in [9.17, 15) is 9.59 Å². The number of benzene rings is 1. The SMILES string of the molecule is CCN(C(=O)NCc1cccc(NC(=O)C2CCC2)c1)[C@H](C)CN(C)C. The van der Waals surface area contributed by atoms with Crippen molar-refractivity contribution in [3.05, 3.63) is 29.8 Å². The van der Waals surface area contributed by atoms with Crippen molar-refractivity contribution in [2.45, 2.75) is 45.7 Å². The smallest absolute Gasteiger partial charge is 0.317 e. The van der Waals surface area contributed by atoms with Crippen LogP contribution in [0.2, 0.25) is 0 Å². The van der Waals surface area contributed by atoms with Gasteiger partial charge >= 0.3 is 6.03 Å². The normalized spacial score (nSPS) is 15.3. The summed E-state index contributed by atoms with van der Waals surface area (Å²) in [4.78, 5) is 28.5. The fourth-order valence-corrected chi connectivity index (χ4v) is 3.24. The first kappa shape index (κ1) is 20.2. The van der Waals surface area contributed by atoms with Crippen molar-refractivity contribution in [1.82, 2.24) is 15.1 Å². The third-order valence-corrected chi connectivity index (χ3v) is 4.88. The Morgan fingerprint density at radius 3 is 2.58 bits per heavy atom. The van der Waals surface area contributed by atoms with E-state index in [2.05, 4.69) is 22.5 Å². The molecule has 0 saturated heterocycles. The summed E-state index contributed by atoms with van der Waals surface area (Å²) in [5.74, 6) is 0.266. The lowest BCUT2D eigenvalue weighted by atomic mass is 9.85. The van der Waals surface area contributed by atoms with Gasteiger partial charge in [-0.2, -0.15) is 0 Å². The van der Waals surface area contributed by atoms with Crippen LogP contribution in [-0.2, 0) is 11.3 Å². The Balaban J connectivity index is 1.88. The van der Waals surface area contributed by atoms with E-state index >= 15 is 0 Å². The molecule has 0 heterocycles. The third-order valence-electron chi connectivity index (χ3n) is 4.88. The van der Waals surface area contributed by atoms with Crippen LogP contribution in [0.5, 0.6) is 0 Å². The maximum Gasteiger partial charge on any atom is 0.317 e. The molecule has 0 unspecified atom stereocenters. The molecule has 2 rings (SSSR count). The van der Waals surface area contributed by atoms with Gasteiger partial charge in [0.05, 0.1) is 0 Å². The molecular formula is C20H32N4O2. The molecule has 1 aromatic carbocycles. The van der Waals surface area contributed by atoms with Crippen LogP contribution >= 0.6 is 0 Å². The molecule has 0 spiro atoms. The first-order chi connectivity index (χ1) is 12.4. The fraction of sp³-hybridized carbons (Fsp3) is 0.600. The van der Waals surface area contributed by atoms with Gasteiger partial charge in [-0.05, 0) is 58.5 Å². The summed E-state index contributed by atoms with van der Waals surface area (Å²) in [6.45, 7) is 5.97. The van der Waals surface area contributed by atoms with E-state index in [0.29, 0.717) is 13.1 Å². The zero-order valence-electron chi connectivity index (χ0n) is 16.4. The lowest BCUT2D eigenvalue weighted by Gasteiger charge is -2.30. The zero-order chi connectivity index (χ0) is 19.1. The second-order valence-electron chi connectivity index (χ2n) is 7.37. The highest BCUT2D eigenvalue weighted by Crippen LogP contribution is 2.27. The number of rotatable bonds is 8. The van der Waals surface area contributed by atoms with Gasteiger partial charge in [-0.15, -0.1) is 0 Å². The van der Waals surface area contributed by atoms with Crippen molar-refractivity contribution in [1.29, 1.82) is 0 Å². The molecule has 1 aromatic rings. The lowest BCUT2D eigenvalue weighted by Crippen LogP contribution is -2.48. The minimum absolute atomic E-state index is 0.0641. The van der Waals surface area contributed by atoms with Gasteiger partial charge in [-0.1, -0.05) is 18.6 Å². The monoisotopic (exact) mass is 360 g/mol. The van der Waals surface area contributed by atoms with Crippen molar-refractivity contribution in [3.8, 4) is 0 Å². The van der Waals surface area contributed by atoms with Gasteiger partial charge in [-0.25, -0.2) is 4.79 Å². The first-order valence-electron chi connectivity index (χ1n) is 9.49. The minimum Gasteiger partial charge on any atom is -0.334 e. The van der Waals surface area contributed by atoms with Crippen molar-refractivity contribution in [2.24, 2.45) is 5.92 Å². The number of hydrogen-bond acceptors (Lipinski definition) is 3. The molecule has 26 heavy (non-hydrogen) atoms. The lowest BCUT2D eigenvalue weighted by molar-refractivity contribution is -0.122. The van der Waals surface area contributed by atoms with Gasteiger partial charge in [0.25, 0.3) is 0 Å². The predicted molar refractivity (Wildman–Crippen MR) is 105 cm³/mol. The molecule has 3 amide bonds. The van der Waals surface area contributed by atoms with E-state index < -0.39 is 0 Å². The van der Waals surface area contributed by atoms with Crippen LogP contribution in [0, 0.1) is 5.92 Å². The third kappa shape index (κ3) is 5.73. The van der Waals surface area contributed by atoms with E-state index in [1.165, 1.54) is 0 Å². The maximum atomic E-state index is 12.5. The number of urea groups is 1. The van der Waals surface area contributed by atoms with Gasteiger partial charge in [0.1, 0.15) is 0 Å². The van der Waals surface area contributed by atoms with Crippen LogP contribution in [0.25, 0.3) is 0 Å². The Morgan fingerprint density at radius 1 is 1.27 bits per heavy atom. The Bertz CT molecular complexity index is 614. The Kier molecular flexibility index (Phi) is 7.45. The number of carbonyl (C=O) groups excluding carboxylic acids is 2. The molecule has 1 saturated carbocycles. The van der Waals surface area contributed by atoms with E-state index in [0.717, 1.165) is 37.1 Å². The van der Waals surface area contributed by atoms with Crippen molar-refractivity contribution < 1.29 is 9.59 Å². The van der Waals surface area contributed by atoms with Gasteiger partial charge in [-0.3, -0.25) is 4.79 Å². The summed E-state index contributed by atoms with van der Waals surface area (Å²) in [6, 6.07) is 7.76. The van der Waals surface area contributed by atoms with Crippen LogP contribution in [0.4, 0.5) is 10.5 Å². The molecule has 0 radical (unpaired) electrons. The summed E-state index contributed by atoms with van der Waals surface area (Å²) in [7, 11) is 4.01. The van der Waals surface area contributed by atoms with Gasteiger partial charge < -0.3 is 20.4 Å². The molecule has 1 aliphatic carbocycles. The van der Waals surface area contributed by atoms with Crippen LogP contribution in [0.15, 0.2) is 24.3 Å². The summed E-state index contributed by atoms with van der Waals surface area (Å²) >= 11 is 0. The fourth-order valence-electron chi connectivity index (χ4n) is 3.24. The van der Waals surface area contributed by atoms with Crippen molar-refractivity contribution >= 4 is 17.6 Å². The Morgan fingerprint density at radius 2 is 2.00 bits per heavy atom. The molecule has 6 nitrogen and oxygen atoms in total. The first-order valence-corrected chi connectivity index (χ1v) is 9.49. The molecule has 144 valence electrons. The molecule has 1 aliphatic rings. The maximum absolute atomic E-state index is 12.5. The van der Waals surface area contributed by atoms with Gasteiger partial charge in [0.15, 0.2) is 0 Å². The molecule has 1 fully saturated rings. The number of amides is 3. The standard InChI is InChI=1S/C20H32N4O2/c1-5-24(15(2)14-23(3)4)20(26)21-13-16-8-6-11-18(12-16)22-19(25)17-9-7-10-17/h6,8,11-12,15,17H,5,7,9-10,13-14H2,1-4H3,(H,21,26)(H,22,25)/t15-/m1/s1. The topological polar surface area (TPSA) is 64.7 Å². The molecule has 0 aliphatic heterocycles. The Hall–Kier alpha value is -2.08. The Labute approximate surface area is 156 Å². The number of carbonyl (C=O) groups is 2. The average molecular weight is 361 g/mol. The molecule has 0 aromatic heterocycles. The van der Waals surface area contributed by atoms with Gasteiger partial charge in [0, 0.05) is 37.3 Å². The number of hydrogen-bond donors (Lipinski definition) is 2. The average Bonchev–Trinajstić information content (AvgIpc) is 2.51. The van der Waals surface area contributed by atoms with E-state index in [1.807, 2.05) is 50.2 Å². The molecule has 6 heteroatoms. The molecular weight excluding hydrogens is 328 g/mol. The minimum atomic E-state index is -0.0641. The summed E-state index contributed by atoms with van der Waals surface area (Å²) in [6.07, 6.45) is 3.11. The second-order valence-corrected chi connectivity index (χ2v) is 7.37. The van der Waals surface area contributed by atoms with Crippen LogP contribution < -0.4 is 10.6 Å². The second kappa shape index (κ2) is 9.57. The summed E-state index contributed by atoms with van der Waals surface area (Å²) in [5, 5.41) is 5.96. The number of likely N-dealkylation sites (N-methyl/N-ethyl adjacent to an activating group) is 2. The van der Waals surface area contributed by atoms with Crippen molar-refractivity contribution in [3.63, 3.8) is 0 Å². The molecule has 0 bridgehead atoms. The van der Waals surface area contributed by atoms with E-state index in [-0.39, 0.29) is 23.9 Å². The van der Waals surface area contributed by atoms with Crippen LogP contribution in [-0.4, -0.2) is 55.0 Å². The molecule has 1 atom stereocenters. The van der Waals surface area contributed by atoms with E-state index in [1.54, 1.807) is 0 Å². The highest BCUT2D eigenvalue weighted by Gasteiger charge is 2.25. The van der Waals surface area contributed by atoms with E-state index in [4.69, 9.17) is 0 Å². The zero-order valence-corrected chi connectivity index (χ0v) is 16.4. The summed E-state index contributed by atoms with van der Waals surface area (Å²) < 4.78 is 0. The van der Waals surface area contributed by atoms with Gasteiger partial charge in [0.2, 0.25) is 5.91 Å². The number of nitrogens with zero attached hydrogens (tertiary/aromatic N) is 2. The van der Waals surface area contributed by atoms with Crippen LogP contribution in [0.1, 0.15) is 38.7 Å². The largest absolute Gasteiger partial charge is 0.334 e. The quantitative estimate of drug-likeness (QED) is 0.749. The predicted octanol–water partition coefficient (Wildman–Crippen LogP) is 2.91. The highest BCUT2D eigenvalue weighted by molar-refractivity contribution is 5.93. The summed E-state index contributed by atoms with van der Waals surface area (Å²) in [5.41, 5.74) is 1.77. The van der Waals surface area contributed by atoms with Crippen LogP contribution in [0.3, 0.4) is 0 Å². The number of nitrogens with one attached hydrogen (secondary N) is 2. The number of anilines is 1. The molecule has 2 N–H and O–H groups in total.